The average Bonchev–Trinajstić information content (AvgIpc) is 2.69. The summed E-state index contributed by atoms with van der Waals surface area (Å²) in [7, 11) is 0. The van der Waals surface area contributed by atoms with Gasteiger partial charge in [-0.2, -0.15) is 0 Å². The van der Waals surface area contributed by atoms with Crippen LogP contribution in [-0.2, 0) is 17.8 Å². The van der Waals surface area contributed by atoms with Crippen molar-refractivity contribution in [3.8, 4) is 0 Å². The van der Waals surface area contributed by atoms with Crippen molar-refractivity contribution in [1.82, 2.24) is 15.1 Å². The van der Waals surface area contributed by atoms with Gasteiger partial charge in [0.05, 0.1) is 6.42 Å². The first-order chi connectivity index (χ1) is 12.6. The largest absolute Gasteiger partial charge is 0.339 e. The molecule has 5 nitrogen and oxygen atoms in total. The molecule has 0 saturated carbocycles. The Morgan fingerprint density at radius 2 is 1.50 bits per heavy atom. The van der Waals surface area contributed by atoms with Crippen LogP contribution in [0, 0.1) is 6.92 Å². The highest BCUT2D eigenvalue weighted by Gasteiger charge is 2.24. The Labute approximate surface area is 154 Å². The Morgan fingerprint density at radius 1 is 0.885 bits per heavy atom. The molecule has 1 heterocycles. The van der Waals surface area contributed by atoms with Gasteiger partial charge in [0.1, 0.15) is 0 Å². The van der Waals surface area contributed by atoms with E-state index in [0.29, 0.717) is 39.1 Å². The molecule has 1 saturated heterocycles. The molecule has 1 N–H and O–H groups in total. The number of aryl methyl sites for hydroxylation is 1. The van der Waals surface area contributed by atoms with Crippen molar-refractivity contribution in [2.45, 2.75) is 19.9 Å². The van der Waals surface area contributed by atoms with E-state index in [0.717, 1.165) is 16.7 Å². The minimum absolute atomic E-state index is 0.0696. The molecule has 0 unspecified atom stereocenters. The Bertz CT molecular complexity index is 753. The number of nitrogens with one attached hydrogen (secondary N) is 1. The van der Waals surface area contributed by atoms with Crippen LogP contribution in [0.4, 0.5) is 4.79 Å². The van der Waals surface area contributed by atoms with Crippen LogP contribution in [-0.4, -0.2) is 47.9 Å². The van der Waals surface area contributed by atoms with Crippen LogP contribution in [0.2, 0.25) is 0 Å². The summed E-state index contributed by atoms with van der Waals surface area (Å²) in [5.74, 6) is 0.128. The average molecular weight is 351 g/mol. The predicted molar refractivity (Wildman–Crippen MR) is 102 cm³/mol. The summed E-state index contributed by atoms with van der Waals surface area (Å²) in [6.07, 6.45) is 0.423. The van der Waals surface area contributed by atoms with Crippen LogP contribution < -0.4 is 5.32 Å². The molecule has 1 aliphatic rings. The number of carbonyl (C=O) groups excluding carboxylic acids is 2. The number of piperazine rings is 1. The first kappa shape index (κ1) is 18.0. The predicted octanol–water partition coefficient (Wildman–Crippen LogP) is 2.59. The molecule has 0 aromatic heterocycles. The van der Waals surface area contributed by atoms with E-state index in [1.165, 1.54) is 0 Å². The lowest BCUT2D eigenvalue weighted by Gasteiger charge is -2.35. The third-order valence-corrected chi connectivity index (χ3v) is 4.81. The van der Waals surface area contributed by atoms with E-state index in [1.54, 1.807) is 4.90 Å². The fourth-order valence-electron chi connectivity index (χ4n) is 3.13. The molecule has 2 aromatic carbocycles. The Kier molecular flexibility index (Phi) is 5.89. The van der Waals surface area contributed by atoms with E-state index in [4.69, 9.17) is 0 Å². The Hall–Kier alpha value is -2.82. The van der Waals surface area contributed by atoms with Crippen molar-refractivity contribution in [1.29, 1.82) is 0 Å². The third-order valence-electron chi connectivity index (χ3n) is 4.81. The summed E-state index contributed by atoms with van der Waals surface area (Å²) in [4.78, 5) is 28.4. The lowest BCUT2D eigenvalue weighted by molar-refractivity contribution is -0.131. The lowest BCUT2D eigenvalue weighted by atomic mass is 10.1. The Morgan fingerprint density at radius 3 is 2.19 bits per heavy atom. The number of benzene rings is 2. The molecule has 3 amide bonds. The zero-order chi connectivity index (χ0) is 18.4. The molecule has 26 heavy (non-hydrogen) atoms. The minimum Gasteiger partial charge on any atom is -0.339 e. The van der Waals surface area contributed by atoms with Crippen LogP contribution in [0.5, 0.6) is 0 Å². The fraction of sp³-hybridized carbons (Fsp3) is 0.333. The van der Waals surface area contributed by atoms with Gasteiger partial charge in [-0.1, -0.05) is 54.6 Å². The number of hydrogen-bond donors (Lipinski definition) is 1. The molecule has 0 bridgehead atoms. The maximum Gasteiger partial charge on any atom is 0.317 e. The SMILES string of the molecule is Cc1ccccc1CC(=O)N1CCN(C(=O)NCc2ccccc2)CC1. The molecule has 0 aliphatic carbocycles. The van der Waals surface area contributed by atoms with E-state index < -0.39 is 0 Å². The van der Waals surface area contributed by atoms with Gasteiger partial charge in [-0.05, 0) is 23.6 Å². The third kappa shape index (κ3) is 4.63. The second-order valence-corrected chi connectivity index (χ2v) is 6.62. The topological polar surface area (TPSA) is 52.7 Å². The van der Waals surface area contributed by atoms with Gasteiger partial charge in [0, 0.05) is 32.7 Å². The summed E-state index contributed by atoms with van der Waals surface area (Å²) in [5, 5.41) is 2.94. The molecule has 0 atom stereocenters. The number of hydrogen-bond acceptors (Lipinski definition) is 2. The second kappa shape index (κ2) is 8.52. The molecule has 1 fully saturated rings. The van der Waals surface area contributed by atoms with E-state index in [9.17, 15) is 9.59 Å². The molecule has 5 heteroatoms. The highest BCUT2D eigenvalue weighted by molar-refractivity contribution is 5.80. The molecule has 136 valence electrons. The summed E-state index contributed by atoms with van der Waals surface area (Å²) in [6.45, 7) is 4.86. The molecule has 2 aromatic rings. The smallest absolute Gasteiger partial charge is 0.317 e. The zero-order valence-electron chi connectivity index (χ0n) is 15.1. The molecule has 1 aliphatic heterocycles. The summed E-state index contributed by atoms with van der Waals surface area (Å²) in [5.41, 5.74) is 3.29. The van der Waals surface area contributed by atoms with E-state index in [-0.39, 0.29) is 11.9 Å². The van der Waals surface area contributed by atoms with Crippen molar-refractivity contribution in [2.24, 2.45) is 0 Å². The molecular formula is C21H25N3O2. The van der Waals surface area contributed by atoms with Crippen LogP contribution in [0.1, 0.15) is 16.7 Å². The fourth-order valence-corrected chi connectivity index (χ4v) is 3.13. The highest BCUT2D eigenvalue weighted by atomic mass is 16.2. The van der Waals surface area contributed by atoms with Crippen molar-refractivity contribution in [3.05, 3.63) is 71.3 Å². The van der Waals surface area contributed by atoms with Crippen LogP contribution in [0.25, 0.3) is 0 Å². The van der Waals surface area contributed by atoms with Crippen molar-refractivity contribution in [2.75, 3.05) is 26.2 Å². The normalized spacial score (nSPS) is 14.2. The molecular weight excluding hydrogens is 326 g/mol. The lowest BCUT2D eigenvalue weighted by Crippen LogP contribution is -2.53. The van der Waals surface area contributed by atoms with E-state index >= 15 is 0 Å². The van der Waals surface area contributed by atoms with Crippen LogP contribution in [0.15, 0.2) is 54.6 Å². The number of amides is 3. The van der Waals surface area contributed by atoms with Crippen molar-refractivity contribution in [3.63, 3.8) is 0 Å². The monoisotopic (exact) mass is 351 g/mol. The van der Waals surface area contributed by atoms with Crippen LogP contribution in [0.3, 0.4) is 0 Å². The number of carbonyl (C=O) groups is 2. The first-order valence-corrected chi connectivity index (χ1v) is 9.02. The van der Waals surface area contributed by atoms with Gasteiger partial charge in [0.25, 0.3) is 0 Å². The van der Waals surface area contributed by atoms with E-state index in [2.05, 4.69) is 5.32 Å². The van der Waals surface area contributed by atoms with Gasteiger partial charge in [-0.25, -0.2) is 4.79 Å². The molecule has 0 spiro atoms. The summed E-state index contributed by atoms with van der Waals surface area (Å²) in [6, 6.07) is 17.8. The maximum atomic E-state index is 12.5. The first-order valence-electron chi connectivity index (χ1n) is 9.02. The minimum atomic E-state index is -0.0696. The molecule has 0 radical (unpaired) electrons. The number of nitrogens with zero attached hydrogens (tertiary/aromatic N) is 2. The van der Waals surface area contributed by atoms with Gasteiger partial charge in [-0.3, -0.25) is 4.79 Å². The second-order valence-electron chi connectivity index (χ2n) is 6.62. The van der Waals surface area contributed by atoms with E-state index in [1.807, 2.05) is 66.4 Å². The van der Waals surface area contributed by atoms with Gasteiger partial charge in [0.15, 0.2) is 0 Å². The number of urea groups is 1. The van der Waals surface area contributed by atoms with Gasteiger partial charge in [-0.15, -0.1) is 0 Å². The maximum absolute atomic E-state index is 12.5. The van der Waals surface area contributed by atoms with Crippen molar-refractivity contribution >= 4 is 11.9 Å². The Balaban J connectivity index is 1.45. The van der Waals surface area contributed by atoms with Crippen molar-refractivity contribution < 1.29 is 9.59 Å². The van der Waals surface area contributed by atoms with Gasteiger partial charge in [0.2, 0.25) is 5.91 Å². The standard InChI is InChI=1S/C21H25N3O2/c1-17-7-5-6-10-19(17)15-20(25)23-11-13-24(14-12-23)21(26)22-16-18-8-3-2-4-9-18/h2-10H,11-16H2,1H3,(H,22,26). The molecule has 3 rings (SSSR count). The van der Waals surface area contributed by atoms with Crippen LogP contribution >= 0.6 is 0 Å². The summed E-state index contributed by atoms with van der Waals surface area (Å²) >= 11 is 0. The summed E-state index contributed by atoms with van der Waals surface area (Å²) < 4.78 is 0. The number of rotatable bonds is 4. The highest BCUT2D eigenvalue weighted by Crippen LogP contribution is 2.11. The quantitative estimate of drug-likeness (QED) is 0.920. The zero-order valence-corrected chi connectivity index (χ0v) is 15.1. The van der Waals surface area contributed by atoms with Gasteiger partial charge < -0.3 is 15.1 Å². The van der Waals surface area contributed by atoms with Gasteiger partial charge >= 0.3 is 6.03 Å².